The van der Waals surface area contributed by atoms with E-state index in [4.69, 9.17) is 10.2 Å². The Hall–Kier alpha value is 1.24. The van der Waals surface area contributed by atoms with Gasteiger partial charge in [-0.3, -0.25) is 4.79 Å². The van der Waals surface area contributed by atoms with Crippen molar-refractivity contribution in [3.05, 3.63) is 0 Å². The number of carboxylic acids is 1. The molecule has 0 saturated carbocycles. The molecule has 0 bridgehead atoms. The summed E-state index contributed by atoms with van der Waals surface area (Å²) in [5.41, 5.74) is 0. The summed E-state index contributed by atoms with van der Waals surface area (Å²) < 4.78 is 0. The second-order valence-electron chi connectivity index (χ2n) is 1.22. The summed E-state index contributed by atoms with van der Waals surface area (Å²) in [5.74, 6) is -0.853. The first-order chi connectivity index (χ1) is 3.27. The van der Waals surface area contributed by atoms with Gasteiger partial charge in [0.15, 0.2) is 0 Å². The van der Waals surface area contributed by atoms with Crippen LogP contribution >= 0.6 is 0 Å². The molecule has 0 aliphatic carbocycles. The Kier molecular flexibility index (Phi) is 12.3. The molecule has 0 fully saturated rings. The zero-order chi connectivity index (χ0) is 5.70. The van der Waals surface area contributed by atoms with Crippen molar-refractivity contribution in [2.75, 3.05) is 6.61 Å². The van der Waals surface area contributed by atoms with Gasteiger partial charge in [0.1, 0.15) is 0 Å². The van der Waals surface area contributed by atoms with Crippen LogP contribution in [0.25, 0.3) is 0 Å². The summed E-state index contributed by atoms with van der Waals surface area (Å²) in [6.07, 6.45) is 0.422. The molecule has 0 aliphatic rings. The number of carbonyl (C=O) groups is 1. The molecule has 0 rings (SSSR count). The number of carboxylic acid groups (broad SMARTS) is 1. The van der Waals surface area contributed by atoms with Crippen LogP contribution in [0.1, 0.15) is 12.8 Å². The summed E-state index contributed by atoms with van der Waals surface area (Å²) in [7, 11) is 0. The Morgan fingerprint density at radius 3 is 2.12 bits per heavy atom. The van der Waals surface area contributed by atoms with Crippen LogP contribution in [0.15, 0.2) is 0 Å². The van der Waals surface area contributed by atoms with E-state index in [1.165, 1.54) is 0 Å². The number of hydrogen-bond donors (Lipinski definition) is 2. The third-order valence-electron chi connectivity index (χ3n) is 0.549. The number of aliphatic hydroxyl groups excluding tert-OH is 1. The van der Waals surface area contributed by atoms with E-state index in [0.29, 0.717) is 6.42 Å². The summed E-state index contributed by atoms with van der Waals surface area (Å²) >= 11 is 0. The van der Waals surface area contributed by atoms with Crippen LogP contribution in [0.5, 0.6) is 0 Å². The van der Waals surface area contributed by atoms with Crippen molar-refractivity contribution in [1.82, 2.24) is 0 Å². The molecule has 1 radical (unpaired) electrons. The number of aliphatic carboxylic acids is 1. The topological polar surface area (TPSA) is 57.5 Å². The average molecular weight is 190 g/mol. The van der Waals surface area contributed by atoms with Crippen molar-refractivity contribution in [2.24, 2.45) is 0 Å². The van der Waals surface area contributed by atoms with Gasteiger partial charge in [0.05, 0.1) is 0 Å². The molecular weight excluding hydrogens is 182 g/mol. The molecular formula is C4H8O3Rb. The molecule has 43 valence electrons. The van der Waals surface area contributed by atoms with Gasteiger partial charge in [-0.05, 0) is 6.42 Å². The van der Waals surface area contributed by atoms with E-state index in [0.717, 1.165) is 0 Å². The summed E-state index contributed by atoms with van der Waals surface area (Å²) in [5, 5.41) is 16.0. The Morgan fingerprint density at radius 1 is 1.50 bits per heavy atom. The number of rotatable bonds is 3. The minimum absolute atomic E-state index is 0. The first-order valence-electron chi connectivity index (χ1n) is 2.10. The van der Waals surface area contributed by atoms with Gasteiger partial charge < -0.3 is 10.2 Å². The van der Waals surface area contributed by atoms with Gasteiger partial charge >= 0.3 is 5.97 Å². The van der Waals surface area contributed by atoms with Gasteiger partial charge in [-0.15, -0.1) is 0 Å². The standard InChI is InChI=1S/C4H8O3.Rb/c5-3-1-2-4(6)7;/h5H,1-3H2,(H,6,7);. The first-order valence-corrected chi connectivity index (χ1v) is 2.10. The summed E-state index contributed by atoms with van der Waals surface area (Å²) in [6, 6.07) is 0. The number of aliphatic hydroxyl groups is 1. The fourth-order valence-electron chi connectivity index (χ4n) is 0.230. The van der Waals surface area contributed by atoms with E-state index >= 15 is 0 Å². The molecule has 0 aromatic rings. The monoisotopic (exact) mass is 189 g/mol. The quantitative estimate of drug-likeness (QED) is 0.627. The van der Waals surface area contributed by atoms with E-state index in [1.807, 2.05) is 0 Å². The third kappa shape index (κ3) is 10.3. The van der Waals surface area contributed by atoms with Crippen molar-refractivity contribution < 1.29 is 15.0 Å². The van der Waals surface area contributed by atoms with E-state index < -0.39 is 5.97 Å². The van der Waals surface area contributed by atoms with Crippen molar-refractivity contribution in [3.8, 4) is 0 Å². The molecule has 4 heteroatoms. The molecule has 2 N–H and O–H groups in total. The normalized spacial score (nSPS) is 7.62. The smallest absolute Gasteiger partial charge is 0.303 e. The maximum absolute atomic E-state index is 9.65. The zero-order valence-corrected chi connectivity index (χ0v) is 9.84. The van der Waals surface area contributed by atoms with Gasteiger partial charge in [-0.1, -0.05) is 0 Å². The molecule has 8 heavy (non-hydrogen) atoms. The van der Waals surface area contributed by atoms with Gasteiger partial charge in [0.2, 0.25) is 0 Å². The van der Waals surface area contributed by atoms with Crippen LogP contribution in [-0.2, 0) is 4.79 Å². The van der Waals surface area contributed by atoms with E-state index in [2.05, 4.69) is 0 Å². The molecule has 0 aromatic carbocycles. The van der Waals surface area contributed by atoms with Crippen molar-refractivity contribution in [3.63, 3.8) is 0 Å². The van der Waals surface area contributed by atoms with Crippen LogP contribution in [0.4, 0.5) is 0 Å². The Bertz CT molecular complexity index is 64.3. The predicted molar refractivity (Wildman–Crippen MR) is 29.7 cm³/mol. The van der Waals surface area contributed by atoms with Crippen molar-refractivity contribution in [1.29, 1.82) is 0 Å². The first kappa shape index (κ1) is 12.0. The van der Waals surface area contributed by atoms with Gasteiger partial charge in [-0.2, -0.15) is 0 Å². The molecule has 0 aliphatic heterocycles. The third-order valence-corrected chi connectivity index (χ3v) is 0.549. The van der Waals surface area contributed by atoms with E-state index in [-0.39, 0.29) is 71.2 Å². The van der Waals surface area contributed by atoms with E-state index in [9.17, 15) is 4.79 Å². The Morgan fingerprint density at radius 2 is 2.00 bits per heavy atom. The SMILES string of the molecule is O=C(O)CCCO.[Rb]. The maximum Gasteiger partial charge on any atom is 0.303 e. The zero-order valence-electron chi connectivity index (χ0n) is 4.92. The van der Waals surface area contributed by atoms with Crippen LogP contribution in [0.2, 0.25) is 0 Å². The predicted octanol–water partition coefficient (Wildman–Crippen LogP) is -0.537. The fraction of sp³-hybridized carbons (Fsp3) is 0.750. The van der Waals surface area contributed by atoms with Crippen molar-refractivity contribution in [2.45, 2.75) is 12.8 Å². The van der Waals surface area contributed by atoms with Crippen LogP contribution in [0.3, 0.4) is 0 Å². The fourth-order valence-corrected chi connectivity index (χ4v) is 0.230. The van der Waals surface area contributed by atoms with E-state index in [1.54, 1.807) is 0 Å². The van der Waals surface area contributed by atoms with Gasteiger partial charge in [-0.25, -0.2) is 0 Å². The second kappa shape index (κ2) is 8.24. The van der Waals surface area contributed by atoms with Crippen LogP contribution in [0, 0.1) is 0 Å². The molecule has 0 amide bonds. The number of hydrogen-bond acceptors (Lipinski definition) is 2. The minimum Gasteiger partial charge on any atom is -0.481 e. The van der Waals surface area contributed by atoms with Crippen LogP contribution < -0.4 is 0 Å². The molecule has 0 unspecified atom stereocenters. The molecule has 0 spiro atoms. The van der Waals surface area contributed by atoms with Gasteiger partial charge in [0.25, 0.3) is 0 Å². The Balaban J connectivity index is 0. The van der Waals surface area contributed by atoms with Gasteiger partial charge in [0, 0.05) is 71.2 Å². The molecule has 3 nitrogen and oxygen atoms in total. The Labute approximate surface area is 96.9 Å². The molecule has 0 atom stereocenters. The summed E-state index contributed by atoms with van der Waals surface area (Å²) in [4.78, 5) is 9.65. The maximum atomic E-state index is 9.65. The minimum atomic E-state index is -0.853. The summed E-state index contributed by atoms with van der Waals surface area (Å²) in [6.45, 7) is -0.0354. The molecule has 0 saturated heterocycles. The van der Waals surface area contributed by atoms with Crippen LogP contribution in [-0.4, -0.2) is 81.0 Å². The second-order valence-corrected chi connectivity index (χ2v) is 1.22. The largest absolute Gasteiger partial charge is 0.481 e. The molecule has 0 aromatic heterocycles. The molecule has 0 heterocycles. The average Bonchev–Trinajstić information content (AvgIpc) is 1.61. The van der Waals surface area contributed by atoms with Crippen molar-refractivity contribution >= 4 is 64.2 Å².